The van der Waals surface area contributed by atoms with Crippen LogP contribution in [0, 0.1) is 0 Å². The van der Waals surface area contributed by atoms with E-state index >= 15 is 0 Å². The van der Waals surface area contributed by atoms with Gasteiger partial charge in [0.25, 0.3) is 0 Å². The number of methoxy groups -OCH3 is 1. The Morgan fingerprint density at radius 2 is 2.40 bits per heavy atom. The van der Waals surface area contributed by atoms with Crippen molar-refractivity contribution in [3.8, 4) is 0 Å². The molecule has 0 heterocycles. The molecule has 4 nitrogen and oxygen atoms in total. The SMILES string of the molecule is CNC(=O)/C=C(\N)COC. The van der Waals surface area contributed by atoms with Crippen LogP contribution in [0.3, 0.4) is 0 Å². The molecule has 0 rings (SSSR count). The van der Waals surface area contributed by atoms with Gasteiger partial charge in [-0.1, -0.05) is 0 Å². The van der Waals surface area contributed by atoms with Crippen molar-refractivity contribution in [1.29, 1.82) is 0 Å². The van der Waals surface area contributed by atoms with Crippen LogP contribution in [0.2, 0.25) is 0 Å². The highest BCUT2D eigenvalue weighted by molar-refractivity contribution is 5.87. The van der Waals surface area contributed by atoms with E-state index in [9.17, 15) is 4.79 Å². The zero-order chi connectivity index (χ0) is 7.98. The lowest BCUT2D eigenvalue weighted by Crippen LogP contribution is -2.18. The number of nitrogens with two attached hydrogens (primary N) is 1. The largest absolute Gasteiger partial charge is 0.400 e. The molecule has 0 saturated heterocycles. The Balaban J connectivity index is 3.77. The summed E-state index contributed by atoms with van der Waals surface area (Å²) in [7, 11) is 3.06. The smallest absolute Gasteiger partial charge is 0.245 e. The van der Waals surface area contributed by atoms with Gasteiger partial charge in [-0.05, 0) is 0 Å². The highest BCUT2D eigenvalue weighted by Gasteiger charge is 1.93. The first-order valence-electron chi connectivity index (χ1n) is 2.87. The summed E-state index contributed by atoms with van der Waals surface area (Å²) >= 11 is 0. The normalized spacial score (nSPS) is 11.2. The molecule has 0 aromatic carbocycles. The van der Waals surface area contributed by atoms with Crippen LogP contribution < -0.4 is 11.1 Å². The number of carbonyl (C=O) groups excluding carboxylic acids is 1. The lowest BCUT2D eigenvalue weighted by Gasteiger charge is -1.97. The van der Waals surface area contributed by atoms with E-state index in [0.29, 0.717) is 5.70 Å². The maximum atomic E-state index is 10.6. The van der Waals surface area contributed by atoms with Crippen molar-refractivity contribution in [2.45, 2.75) is 0 Å². The third kappa shape index (κ3) is 3.91. The van der Waals surface area contributed by atoms with Crippen molar-refractivity contribution in [3.63, 3.8) is 0 Å². The van der Waals surface area contributed by atoms with Crippen molar-refractivity contribution >= 4 is 5.91 Å². The van der Waals surface area contributed by atoms with Gasteiger partial charge in [0.15, 0.2) is 0 Å². The molecule has 0 aliphatic heterocycles. The molecule has 0 radical (unpaired) electrons. The maximum absolute atomic E-state index is 10.6. The van der Waals surface area contributed by atoms with E-state index in [1.54, 1.807) is 7.05 Å². The fourth-order valence-corrected chi connectivity index (χ4v) is 0.449. The minimum Gasteiger partial charge on any atom is -0.400 e. The molecule has 0 unspecified atom stereocenters. The summed E-state index contributed by atoms with van der Waals surface area (Å²) in [5.41, 5.74) is 5.75. The standard InChI is InChI=1S/C6H12N2O2/c1-8-6(9)3-5(7)4-10-2/h3H,4,7H2,1-2H3,(H,8,9)/b5-3-. The molecule has 0 aliphatic carbocycles. The third-order valence-corrected chi connectivity index (χ3v) is 0.874. The Morgan fingerprint density at radius 1 is 1.80 bits per heavy atom. The summed E-state index contributed by atoms with van der Waals surface area (Å²) in [6.07, 6.45) is 1.30. The number of carbonyl (C=O) groups is 1. The fraction of sp³-hybridized carbons (Fsp3) is 0.500. The first-order chi connectivity index (χ1) is 4.70. The first kappa shape index (κ1) is 8.97. The van der Waals surface area contributed by atoms with Crippen molar-refractivity contribution in [3.05, 3.63) is 11.8 Å². The second kappa shape index (κ2) is 4.81. The monoisotopic (exact) mass is 144 g/mol. The molecule has 0 aliphatic rings. The second-order valence-corrected chi connectivity index (χ2v) is 1.77. The number of rotatable bonds is 3. The molecule has 10 heavy (non-hydrogen) atoms. The van der Waals surface area contributed by atoms with Crippen LogP contribution >= 0.6 is 0 Å². The van der Waals surface area contributed by atoms with Gasteiger partial charge in [0.1, 0.15) is 0 Å². The van der Waals surface area contributed by atoms with Crippen molar-refractivity contribution < 1.29 is 9.53 Å². The number of amides is 1. The Hall–Kier alpha value is -1.03. The summed E-state index contributed by atoms with van der Waals surface area (Å²) < 4.78 is 4.68. The highest BCUT2D eigenvalue weighted by atomic mass is 16.5. The summed E-state index contributed by atoms with van der Waals surface area (Å²) in [4.78, 5) is 10.6. The minimum atomic E-state index is -0.213. The molecule has 0 atom stereocenters. The van der Waals surface area contributed by atoms with E-state index in [-0.39, 0.29) is 12.5 Å². The molecular formula is C6H12N2O2. The maximum Gasteiger partial charge on any atom is 0.245 e. The van der Waals surface area contributed by atoms with Gasteiger partial charge < -0.3 is 15.8 Å². The average molecular weight is 144 g/mol. The van der Waals surface area contributed by atoms with E-state index in [0.717, 1.165) is 0 Å². The van der Waals surface area contributed by atoms with Crippen molar-refractivity contribution in [2.24, 2.45) is 5.73 Å². The molecule has 0 spiro atoms. The average Bonchev–Trinajstić information content (AvgIpc) is 1.88. The van der Waals surface area contributed by atoms with E-state index in [4.69, 9.17) is 5.73 Å². The molecule has 0 aromatic heterocycles. The Morgan fingerprint density at radius 3 is 2.80 bits per heavy atom. The lowest BCUT2D eigenvalue weighted by molar-refractivity contribution is -0.116. The van der Waals surface area contributed by atoms with Gasteiger partial charge in [0.2, 0.25) is 5.91 Å². The van der Waals surface area contributed by atoms with Crippen LogP contribution in [0.15, 0.2) is 11.8 Å². The minimum absolute atomic E-state index is 0.213. The highest BCUT2D eigenvalue weighted by Crippen LogP contribution is 1.82. The number of nitrogens with one attached hydrogen (secondary N) is 1. The van der Waals surface area contributed by atoms with Gasteiger partial charge in [-0.25, -0.2) is 0 Å². The van der Waals surface area contributed by atoms with E-state index in [1.165, 1.54) is 13.2 Å². The molecule has 0 bridgehead atoms. The number of ether oxygens (including phenoxy) is 1. The van der Waals surface area contributed by atoms with E-state index < -0.39 is 0 Å². The molecule has 0 fully saturated rings. The van der Waals surface area contributed by atoms with Crippen molar-refractivity contribution in [2.75, 3.05) is 20.8 Å². The number of hydrogen-bond donors (Lipinski definition) is 2. The number of likely N-dealkylation sites (N-methyl/N-ethyl adjacent to an activating group) is 1. The van der Waals surface area contributed by atoms with Crippen LogP contribution in [0.25, 0.3) is 0 Å². The summed E-state index contributed by atoms with van der Waals surface area (Å²) in [6, 6.07) is 0. The molecule has 58 valence electrons. The van der Waals surface area contributed by atoms with Gasteiger partial charge in [0.05, 0.1) is 6.61 Å². The quantitative estimate of drug-likeness (QED) is 0.511. The summed E-state index contributed by atoms with van der Waals surface area (Å²) in [6.45, 7) is 0.285. The molecule has 0 saturated carbocycles. The predicted octanol–water partition coefficient (Wildman–Crippen LogP) is -0.779. The summed E-state index contributed by atoms with van der Waals surface area (Å²) in [5, 5.41) is 2.40. The van der Waals surface area contributed by atoms with Crippen LogP contribution in [-0.4, -0.2) is 26.7 Å². The zero-order valence-corrected chi connectivity index (χ0v) is 6.18. The van der Waals surface area contributed by atoms with Crippen LogP contribution in [0.4, 0.5) is 0 Å². The molecule has 1 amide bonds. The number of hydrogen-bond acceptors (Lipinski definition) is 3. The predicted molar refractivity (Wildman–Crippen MR) is 38.2 cm³/mol. The Kier molecular flexibility index (Phi) is 4.32. The van der Waals surface area contributed by atoms with Crippen LogP contribution in [0.5, 0.6) is 0 Å². The van der Waals surface area contributed by atoms with Gasteiger partial charge in [-0.3, -0.25) is 4.79 Å². The molecule has 3 N–H and O–H groups in total. The molecule has 0 aromatic rings. The Bertz CT molecular complexity index is 143. The van der Waals surface area contributed by atoms with Gasteiger partial charge in [-0.2, -0.15) is 0 Å². The first-order valence-corrected chi connectivity index (χ1v) is 2.87. The second-order valence-electron chi connectivity index (χ2n) is 1.77. The lowest BCUT2D eigenvalue weighted by atomic mass is 10.4. The Labute approximate surface area is 60.0 Å². The van der Waals surface area contributed by atoms with Crippen molar-refractivity contribution in [1.82, 2.24) is 5.32 Å². The van der Waals surface area contributed by atoms with Crippen LogP contribution in [-0.2, 0) is 9.53 Å². The topological polar surface area (TPSA) is 64.4 Å². The van der Waals surface area contributed by atoms with E-state index in [2.05, 4.69) is 10.1 Å². The molecular weight excluding hydrogens is 132 g/mol. The summed E-state index contributed by atoms with van der Waals surface area (Å²) in [5.74, 6) is -0.213. The van der Waals surface area contributed by atoms with Gasteiger partial charge >= 0.3 is 0 Å². The fourth-order valence-electron chi connectivity index (χ4n) is 0.449. The van der Waals surface area contributed by atoms with Crippen LogP contribution in [0.1, 0.15) is 0 Å². The third-order valence-electron chi connectivity index (χ3n) is 0.874. The zero-order valence-electron chi connectivity index (χ0n) is 6.18. The molecule has 4 heteroatoms. The van der Waals surface area contributed by atoms with E-state index in [1.807, 2.05) is 0 Å². The van der Waals surface area contributed by atoms with Gasteiger partial charge in [-0.15, -0.1) is 0 Å². The van der Waals surface area contributed by atoms with Gasteiger partial charge in [0, 0.05) is 25.9 Å².